The average molecular weight is 378 g/mol. The molecular formula is C23H26N2O3. The Morgan fingerprint density at radius 1 is 0.964 bits per heavy atom. The molecule has 0 N–H and O–H groups in total. The highest BCUT2D eigenvalue weighted by Crippen LogP contribution is 2.29. The molecule has 28 heavy (non-hydrogen) atoms. The van der Waals surface area contributed by atoms with Crippen molar-refractivity contribution in [1.82, 2.24) is 9.80 Å². The van der Waals surface area contributed by atoms with Gasteiger partial charge in [0, 0.05) is 30.7 Å². The molecule has 0 spiro atoms. The van der Waals surface area contributed by atoms with E-state index in [0.717, 1.165) is 30.6 Å². The summed E-state index contributed by atoms with van der Waals surface area (Å²) in [5, 5.41) is 0. The molecule has 0 radical (unpaired) electrons. The van der Waals surface area contributed by atoms with Crippen molar-refractivity contribution in [2.45, 2.75) is 31.3 Å². The molecule has 0 aromatic heterocycles. The Bertz CT molecular complexity index is 878. The van der Waals surface area contributed by atoms with Gasteiger partial charge in [-0.25, -0.2) is 4.79 Å². The minimum absolute atomic E-state index is 0.0914. The Labute approximate surface area is 165 Å². The van der Waals surface area contributed by atoms with Crippen LogP contribution < -0.4 is 0 Å². The summed E-state index contributed by atoms with van der Waals surface area (Å²) < 4.78 is 4.88. The molecular weight excluding hydrogens is 352 g/mol. The number of hydrogen-bond acceptors (Lipinski definition) is 4. The number of benzene rings is 2. The monoisotopic (exact) mass is 378 g/mol. The summed E-state index contributed by atoms with van der Waals surface area (Å²) in [6.07, 6.45) is 3.47. The van der Waals surface area contributed by atoms with Crippen molar-refractivity contribution in [3.63, 3.8) is 0 Å². The highest BCUT2D eigenvalue weighted by molar-refractivity contribution is 5.98. The predicted octanol–water partition coefficient (Wildman–Crippen LogP) is 3.45. The van der Waals surface area contributed by atoms with E-state index in [1.165, 1.54) is 20.0 Å². The molecule has 2 aromatic rings. The molecule has 2 bridgehead atoms. The first-order valence-electron chi connectivity index (χ1n) is 9.87. The maximum atomic E-state index is 13.0. The first-order chi connectivity index (χ1) is 13.6. The van der Waals surface area contributed by atoms with Crippen LogP contribution in [0.3, 0.4) is 0 Å². The molecule has 0 saturated carbocycles. The number of methoxy groups -OCH3 is 1. The van der Waals surface area contributed by atoms with Gasteiger partial charge in [0.25, 0.3) is 5.91 Å². The zero-order chi connectivity index (χ0) is 19.7. The number of hydrogen-bond donors (Lipinski definition) is 0. The highest BCUT2D eigenvalue weighted by atomic mass is 16.5. The number of rotatable bonds is 3. The Hall–Kier alpha value is -2.66. The number of ether oxygens (including phenoxy) is 1. The van der Waals surface area contributed by atoms with E-state index in [9.17, 15) is 9.59 Å². The summed E-state index contributed by atoms with van der Waals surface area (Å²) in [6.45, 7) is 1.62. The zero-order valence-corrected chi connectivity index (χ0v) is 16.4. The number of likely N-dealkylation sites (tertiary alicyclic amines) is 1. The largest absolute Gasteiger partial charge is 0.465 e. The van der Waals surface area contributed by atoms with E-state index >= 15 is 0 Å². The molecule has 5 nitrogen and oxygen atoms in total. The van der Waals surface area contributed by atoms with E-state index in [-0.39, 0.29) is 11.9 Å². The second kappa shape index (κ2) is 7.76. The van der Waals surface area contributed by atoms with Gasteiger partial charge >= 0.3 is 5.97 Å². The van der Waals surface area contributed by atoms with Crippen LogP contribution in [0.15, 0.2) is 48.5 Å². The number of amides is 1. The lowest BCUT2D eigenvalue weighted by atomic mass is 9.98. The van der Waals surface area contributed by atoms with E-state index in [4.69, 9.17) is 4.74 Å². The van der Waals surface area contributed by atoms with Crippen molar-refractivity contribution in [2.75, 3.05) is 27.2 Å². The van der Waals surface area contributed by atoms with Crippen LogP contribution in [0.2, 0.25) is 0 Å². The number of fused-ring (bicyclic) bond motifs is 2. The Balaban J connectivity index is 1.54. The van der Waals surface area contributed by atoms with Gasteiger partial charge in [0.15, 0.2) is 0 Å². The lowest BCUT2D eigenvalue weighted by Gasteiger charge is -2.26. The molecule has 4 rings (SSSR count). The van der Waals surface area contributed by atoms with Crippen LogP contribution in [0, 0.1) is 0 Å². The highest BCUT2D eigenvalue weighted by Gasteiger charge is 2.36. The number of carbonyl (C=O) groups is 2. The maximum absolute atomic E-state index is 13.0. The van der Waals surface area contributed by atoms with Gasteiger partial charge in [-0.2, -0.15) is 0 Å². The van der Waals surface area contributed by atoms with Crippen LogP contribution in [0.5, 0.6) is 0 Å². The van der Waals surface area contributed by atoms with Crippen LogP contribution in [-0.4, -0.2) is 61.0 Å². The van der Waals surface area contributed by atoms with Crippen molar-refractivity contribution in [3.8, 4) is 11.1 Å². The van der Waals surface area contributed by atoms with E-state index in [0.29, 0.717) is 23.2 Å². The molecule has 2 aliphatic rings. The number of esters is 1. The fourth-order valence-electron chi connectivity index (χ4n) is 4.49. The van der Waals surface area contributed by atoms with E-state index in [1.807, 2.05) is 47.4 Å². The lowest BCUT2D eigenvalue weighted by molar-refractivity contribution is 0.0601. The van der Waals surface area contributed by atoms with Crippen LogP contribution >= 0.6 is 0 Å². The fraction of sp³-hybridized carbons (Fsp3) is 0.391. The van der Waals surface area contributed by atoms with Crippen LogP contribution in [0.1, 0.15) is 40.0 Å². The third-order valence-electron chi connectivity index (χ3n) is 6.21. The van der Waals surface area contributed by atoms with Crippen LogP contribution in [0.4, 0.5) is 0 Å². The quantitative estimate of drug-likeness (QED) is 0.768. The van der Waals surface area contributed by atoms with Gasteiger partial charge in [-0.3, -0.25) is 9.69 Å². The number of carbonyl (C=O) groups excluding carboxylic acids is 2. The third-order valence-corrected chi connectivity index (χ3v) is 6.21. The van der Waals surface area contributed by atoms with Gasteiger partial charge in [-0.15, -0.1) is 0 Å². The Kier molecular flexibility index (Phi) is 5.18. The predicted molar refractivity (Wildman–Crippen MR) is 108 cm³/mol. The minimum Gasteiger partial charge on any atom is -0.465 e. The van der Waals surface area contributed by atoms with Crippen molar-refractivity contribution < 1.29 is 14.3 Å². The summed E-state index contributed by atoms with van der Waals surface area (Å²) in [7, 11) is 3.57. The fourth-order valence-corrected chi connectivity index (χ4v) is 4.49. The van der Waals surface area contributed by atoms with Crippen molar-refractivity contribution in [2.24, 2.45) is 0 Å². The molecule has 0 aliphatic carbocycles. The molecule has 2 aliphatic heterocycles. The van der Waals surface area contributed by atoms with Gasteiger partial charge in [-0.1, -0.05) is 30.3 Å². The smallest absolute Gasteiger partial charge is 0.338 e. The third kappa shape index (κ3) is 3.42. The molecule has 2 unspecified atom stereocenters. The minimum atomic E-state index is -0.362. The zero-order valence-electron chi connectivity index (χ0n) is 16.4. The lowest BCUT2D eigenvalue weighted by Crippen LogP contribution is -2.39. The Morgan fingerprint density at radius 3 is 2.43 bits per heavy atom. The van der Waals surface area contributed by atoms with Crippen LogP contribution in [0.25, 0.3) is 11.1 Å². The van der Waals surface area contributed by atoms with Gasteiger partial charge in [-0.05, 0) is 55.6 Å². The first kappa shape index (κ1) is 18.7. The van der Waals surface area contributed by atoms with Crippen molar-refractivity contribution in [1.29, 1.82) is 0 Å². The maximum Gasteiger partial charge on any atom is 0.338 e. The number of nitrogens with zero attached hydrogens (tertiary/aromatic N) is 2. The van der Waals surface area contributed by atoms with Crippen molar-refractivity contribution >= 4 is 11.9 Å². The summed E-state index contributed by atoms with van der Waals surface area (Å²) in [5.41, 5.74) is 2.92. The summed E-state index contributed by atoms with van der Waals surface area (Å²) in [5.74, 6) is -0.270. The topological polar surface area (TPSA) is 49.9 Å². The standard InChI is InChI=1S/C23H26N2O3/c1-24-18-11-12-19(24)15-25(14-13-18)22(26)17-9-7-16(8-10-17)20-5-3-4-6-21(20)23(27)28-2/h3-10,18-19H,11-15H2,1-2H3. The summed E-state index contributed by atoms with van der Waals surface area (Å²) in [6, 6.07) is 16.0. The van der Waals surface area contributed by atoms with Gasteiger partial charge in [0.2, 0.25) is 0 Å². The van der Waals surface area contributed by atoms with Crippen LogP contribution in [-0.2, 0) is 4.74 Å². The van der Waals surface area contributed by atoms with Crippen molar-refractivity contribution in [3.05, 3.63) is 59.7 Å². The van der Waals surface area contributed by atoms with E-state index < -0.39 is 0 Å². The molecule has 2 aromatic carbocycles. The number of likely N-dealkylation sites (N-methyl/N-ethyl adjacent to an activating group) is 1. The molecule has 2 fully saturated rings. The molecule has 2 saturated heterocycles. The van der Waals surface area contributed by atoms with E-state index in [1.54, 1.807) is 6.07 Å². The molecule has 5 heteroatoms. The van der Waals surface area contributed by atoms with Gasteiger partial charge in [0.1, 0.15) is 0 Å². The first-order valence-corrected chi connectivity index (χ1v) is 9.87. The van der Waals surface area contributed by atoms with Gasteiger partial charge < -0.3 is 9.64 Å². The molecule has 2 atom stereocenters. The van der Waals surface area contributed by atoms with Gasteiger partial charge in [0.05, 0.1) is 12.7 Å². The normalized spacial score (nSPS) is 22.0. The summed E-state index contributed by atoms with van der Waals surface area (Å²) in [4.78, 5) is 29.5. The molecule has 2 heterocycles. The summed E-state index contributed by atoms with van der Waals surface area (Å²) >= 11 is 0. The average Bonchev–Trinajstić information content (AvgIpc) is 2.98. The second-order valence-corrected chi connectivity index (χ2v) is 7.70. The second-order valence-electron chi connectivity index (χ2n) is 7.70. The Morgan fingerprint density at radius 2 is 1.68 bits per heavy atom. The molecule has 1 amide bonds. The van der Waals surface area contributed by atoms with E-state index in [2.05, 4.69) is 11.9 Å². The SMILES string of the molecule is COC(=O)c1ccccc1-c1ccc(C(=O)N2CCC3CCC(C2)N3C)cc1. The molecule has 146 valence electrons.